The molecular formula is C35H61NO4. The zero-order valence-corrected chi connectivity index (χ0v) is 27.9. The molecule has 0 amide bonds. The molecule has 1 aromatic carbocycles. The number of carbonyl (C=O) groups is 1. The van der Waals surface area contributed by atoms with Crippen LogP contribution < -0.4 is 4.74 Å². The summed E-state index contributed by atoms with van der Waals surface area (Å²) in [5.41, 5.74) is 3.13. The molecule has 0 saturated heterocycles. The fraction of sp³-hybridized carbons (Fsp3) is 0.486. The van der Waals surface area contributed by atoms with E-state index < -0.39 is 5.97 Å². The van der Waals surface area contributed by atoms with E-state index in [2.05, 4.69) is 38.2 Å². The lowest BCUT2D eigenvalue weighted by Crippen LogP contribution is -2.13. The Morgan fingerprint density at radius 2 is 1.43 bits per heavy atom. The molecule has 40 heavy (non-hydrogen) atoms. The summed E-state index contributed by atoms with van der Waals surface area (Å²) in [5.74, 6) is -0.0166. The van der Waals surface area contributed by atoms with Crippen molar-refractivity contribution in [1.82, 2.24) is 4.98 Å². The summed E-state index contributed by atoms with van der Waals surface area (Å²) >= 11 is 0. The first kappa shape index (κ1) is 46.7. The number of pyridine rings is 1. The Morgan fingerprint density at radius 1 is 0.925 bits per heavy atom. The minimum atomic E-state index is -0.440. The van der Waals surface area contributed by atoms with Crippen LogP contribution in [-0.4, -0.2) is 24.7 Å². The van der Waals surface area contributed by atoms with Gasteiger partial charge in [-0.15, -0.1) is 13.2 Å². The molecule has 1 heterocycles. The summed E-state index contributed by atoms with van der Waals surface area (Å²) in [5, 5.41) is 0. The van der Waals surface area contributed by atoms with Gasteiger partial charge in [-0.3, -0.25) is 0 Å². The van der Waals surface area contributed by atoms with Crippen LogP contribution in [-0.2, 0) is 16.1 Å². The molecule has 0 fully saturated rings. The normalized spacial score (nSPS) is 8.90. The van der Waals surface area contributed by atoms with Crippen LogP contribution in [0.3, 0.4) is 0 Å². The van der Waals surface area contributed by atoms with E-state index in [-0.39, 0.29) is 11.8 Å². The molecule has 0 spiro atoms. The monoisotopic (exact) mass is 559 g/mol. The average molecular weight is 560 g/mol. The van der Waals surface area contributed by atoms with Gasteiger partial charge in [-0.25, -0.2) is 9.78 Å². The first-order valence-electron chi connectivity index (χ1n) is 14.6. The highest BCUT2D eigenvalue weighted by Gasteiger charge is 2.21. The molecule has 0 aliphatic heterocycles. The minimum Gasteiger partial charge on any atom is -0.481 e. The van der Waals surface area contributed by atoms with Crippen molar-refractivity contribution in [2.75, 3.05) is 13.7 Å². The lowest BCUT2D eigenvalue weighted by atomic mass is 10.0. The summed E-state index contributed by atoms with van der Waals surface area (Å²) in [6.07, 6.45) is 4.65. The Kier molecular flexibility index (Phi) is 44.3. The van der Waals surface area contributed by atoms with E-state index in [1.807, 2.05) is 99.6 Å². The van der Waals surface area contributed by atoms with Crippen LogP contribution in [0.15, 0.2) is 74.9 Å². The number of hydrogen-bond donors (Lipinski definition) is 0. The standard InChI is InChI=1S/C21H27NO4.C4H6.4C2H6.C2H4/c1-5-12-25-21(23)18-13-17(15(3)20(22-18)24-4)19(6-2)26-14-16-10-8-7-9-11-16;1-3-4-2;5*1-2/h7-11,13,19H,5-6,12,14H2,1-4H3;3-4H,1-2H2;4*1-2H3;1-2H2. The van der Waals surface area contributed by atoms with Crippen molar-refractivity contribution >= 4 is 5.97 Å². The van der Waals surface area contributed by atoms with Gasteiger partial charge in [-0.2, -0.15) is 0 Å². The van der Waals surface area contributed by atoms with Gasteiger partial charge in [0.05, 0.1) is 26.4 Å². The largest absolute Gasteiger partial charge is 0.481 e. The van der Waals surface area contributed by atoms with Crippen LogP contribution in [0.1, 0.15) is 115 Å². The minimum absolute atomic E-state index is 0.162. The summed E-state index contributed by atoms with van der Waals surface area (Å²) < 4.78 is 16.7. The van der Waals surface area contributed by atoms with Crippen LogP contribution in [0.5, 0.6) is 5.88 Å². The number of ether oxygens (including phenoxy) is 3. The van der Waals surface area contributed by atoms with Crippen molar-refractivity contribution in [2.45, 2.75) is 102 Å². The predicted molar refractivity (Wildman–Crippen MR) is 177 cm³/mol. The second-order valence-electron chi connectivity index (χ2n) is 6.53. The molecule has 1 atom stereocenters. The maximum Gasteiger partial charge on any atom is 0.357 e. The fourth-order valence-corrected chi connectivity index (χ4v) is 2.71. The Balaban J connectivity index is -0.000000250. The van der Waals surface area contributed by atoms with Gasteiger partial charge in [-0.1, -0.05) is 125 Å². The van der Waals surface area contributed by atoms with Gasteiger partial charge >= 0.3 is 5.97 Å². The second-order valence-corrected chi connectivity index (χ2v) is 6.53. The predicted octanol–water partition coefficient (Wildman–Crippen LogP) is 10.9. The highest BCUT2D eigenvalue weighted by atomic mass is 16.5. The summed E-state index contributed by atoms with van der Waals surface area (Å²) in [6.45, 7) is 35.5. The molecule has 1 aromatic heterocycles. The van der Waals surface area contributed by atoms with E-state index in [0.29, 0.717) is 19.1 Å². The number of rotatable bonds is 10. The van der Waals surface area contributed by atoms with E-state index in [0.717, 1.165) is 29.5 Å². The van der Waals surface area contributed by atoms with Crippen LogP contribution in [0.25, 0.3) is 0 Å². The van der Waals surface area contributed by atoms with Gasteiger partial charge in [0, 0.05) is 5.56 Å². The van der Waals surface area contributed by atoms with Crippen molar-refractivity contribution in [1.29, 1.82) is 0 Å². The van der Waals surface area contributed by atoms with Crippen molar-refractivity contribution in [3.05, 3.63) is 97.3 Å². The summed E-state index contributed by atoms with van der Waals surface area (Å²) in [7, 11) is 1.55. The number of aromatic nitrogens is 1. The molecule has 1 unspecified atom stereocenters. The zero-order chi connectivity index (χ0) is 32.4. The average Bonchev–Trinajstić information content (AvgIpc) is 3.06. The quantitative estimate of drug-likeness (QED) is 0.165. The first-order chi connectivity index (χ1) is 19.5. The Labute approximate surface area is 248 Å². The lowest BCUT2D eigenvalue weighted by Gasteiger charge is -2.20. The number of methoxy groups -OCH3 is 1. The zero-order valence-electron chi connectivity index (χ0n) is 27.9. The molecule has 5 heteroatoms. The number of allylic oxidation sites excluding steroid dienone is 2. The smallest absolute Gasteiger partial charge is 0.357 e. The summed E-state index contributed by atoms with van der Waals surface area (Å²) in [6, 6.07) is 11.8. The molecule has 5 nitrogen and oxygen atoms in total. The third kappa shape index (κ3) is 21.7. The number of carbonyl (C=O) groups excluding carboxylic acids is 1. The first-order valence-corrected chi connectivity index (χ1v) is 14.6. The van der Waals surface area contributed by atoms with E-state index in [9.17, 15) is 4.79 Å². The molecule has 0 bridgehead atoms. The highest BCUT2D eigenvalue weighted by Crippen LogP contribution is 2.30. The molecule has 0 N–H and O–H groups in total. The molecule has 230 valence electrons. The second kappa shape index (κ2) is 38.0. The third-order valence-electron chi connectivity index (χ3n) is 4.29. The number of benzene rings is 1. The van der Waals surface area contributed by atoms with E-state index in [1.165, 1.54) is 0 Å². The molecule has 0 aliphatic rings. The van der Waals surface area contributed by atoms with Gasteiger partial charge in [-0.05, 0) is 37.0 Å². The molecule has 2 rings (SSSR count). The van der Waals surface area contributed by atoms with E-state index >= 15 is 0 Å². The Bertz CT molecular complexity index is 814. The lowest BCUT2D eigenvalue weighted by molar-refractivity contribution is 0.0361. The van der Waals surface area contributed by atoms with Gasteiger partial charge in [0.25, 0.3) is 0 Å². The maximum atomic E-state index is 12.2. The van der Waals surface area contributed by atoms with Crippen LogP contribution in [0, 0.1) is 6.92 Å². The van der Waals surface area contributed by atoms with Crippen molar-refractivity contribution in [3.63, 3.8) is 0 Å². The van der Waals surface area contributed by atoms with Crippen LogP contribution in [0.4, 0.5) is 0 Å². The molecule has 2 aromatic rings. The van der Waals surface area contributed by atoms with Crippen LogP contribution >= 0.6 is 0 Å². The number of hydrogen-bond acceptors (Lipinski definition) is 5. The van der Waals surface area contributed by atoms with Crippen molar-refractivity contribution < 1.29 is 19.0 Å². The highest BCUT2D eigenvalue weighted by molar-refractivity contribution is 5.87. The molecule has 0 saturated carbocycles. The Morgan fingerprint density at radius 3 is 1.82 bits per heavy atom. The van der Waals surface area contributed by atoms with Crippen molar-refractivity contribution in [3.8, 4) is 5.88 Å². The van der Waals surface area contributed by atoms with Crippen molar-refractivity contribution in [2.24, 2.45) is 0 Å². The van der Waals surface area contributed by atoms with Gasteiger partial charge in [0.2, 0.25) is 5.88 Å². The van der Waals surface area contributed by atoms with E-state index in [1.54, 1.807) is 25.3 Å². The molecular weight excluding hydrogens is 498 g/mol. The van der Waals surface area contributed by atoms with Crippen LogP contribution in [0.2, 0.25) is 0 Å². The Hall–Kier alpha value is -3.18. The third-order valence-corrected chi connectivity index (χ3v) is 4.29. The number of esters is 1. The van der Waals surface area contributed by atoms with Gasteiger partial charge in [0.1, 0.15) is 0 Å². The molecule has 0 aliphatic carbocycles. The fourth-order valence-electron chi connectivity index (χ4n) is 2.71. The van der Waals surface area contributed by atoms with Gasteiger partial charge < -0.3 is 14.2 Å². The molecule has 0 radical (unpaired) electrons. The SMILES string of the molecule is C=C.C=CC=C.CC.CC.CC.CC.CCCOC(=O)c1cc(C(CC)OCc2ccccc2)c(C)c(OC)n1. The topological polar surface area (TPSA) is 57.7 Å². The van der Waals surface area contributed by atoms with E-state index in [4.69, 9.17) is 14.2 Å². The van der Waals surface area contributed by atoms with Gasteiger partial charge in [0.15, 0.2) is 5.69 Å². The number of nitrogens with zero attached hydrogens (tertiary/aromatic N) is 1. The maximum absolute atomic E-state index is 12.2. The summed E-state index contributed by atoms with van der Waals surface area (Å²) in [4.78, 5) is 16.5.